The van der Waals surface area contributed by atoms with Crippen LogP contribution >= 0.6 is 0 Å². The van der Waals surface area contributed by atoms with Gasteiger partial charge in [0, 0.05) is 36.8 Å². The highest BCUT2D eigenvalue weighted by atomic mass is 16.5. The molecule has 0 saturated carbocycles. The van der Waals surface area contributed by atoms with Crippen LogP contribution in [-0.2, 0) is 9.53 Å². The molecule has 7 nitrogen and oxygen atoms in total. The molecule has 2 unspecified atom stereocenters. The zero-order valence-electron chi connectivity index (χ0n) is 15.0. The molecule has 0 aliphatic carbocycles. The molecule has 7 heteroatoms. The number of aryl methyl sites for hydroxylation is 2. The minimum atomic E-state index is -0.505. The highest BCUT2D eigenvalue weighted by Crippen LogP contribution is 2.33. The van der Waals surface area contributed by atoms with Gasteiger partial charge in [0.25, 0.3) is 5.91 Å². The number of aromatic nitrogens is 1. The van der Waals surface area contributed by atoms with Gasteiger partial charge in [-0.3, -0.25) is 14.6 Å². The number of hydrogen-bond acceptors (Lipinski definition) is 5. The van der Waals surface area contributed by atoms with Gasteiger partial charge in [0.2, 0.25) is 5.91 Å². The Bertz CT molecular complexity index is 787. The van der Waals surface area contributed by atoms with Gasteiger partial charge in [-0.15, -0.1) is 0 Å². The number of amides is 2. The second-order valence-corrected chi connectivity index (χ2v) is 6.64. The van der Waals surface area contributed by atoms with E-state index in [0.29, 0.717) is 36.8 Å². The van der Waals surface area contributed by atoms with Crippen LogP contribution in [0.1, 0.15) is 33.5 Å². The number of hydrogen-bond donors (Lipinski definition) is 1. The van der Waals surface area contributed by atoms with Crippen LogP contribution in [0.2, 0.25) is 0 Å². The van der Waals surface area contributed by atoms with Crippen LogP contribution in [0, 0.1) is 19.8 Å². The van der Waals surface area contributed by atoms with E-state index in [2.05, 4.69) is 4.98 Å². The Hall–Kier alpha value is -2.67. The summed E-state index contributed by atoms with van der Waals surface area (Å²) < 4.78 is 10.9. The molecular weight excluding hydrogens is 334 g/mol. The van der Waals surface area contributed by atoms with Gasteiger partial charge >= 0.3 is 0 Å². The van der Waals surface area contributed by atoms with Gasteiger partial charge in [0.05, 0.1) is 12.2 Å². The smallest absolute Gasteiger partial charge is 0.257 e. The number of likely N-dealkylation sites (tertiary alicyclic amines) is 1. The van der Waals surface area contributed by atoms with Crippen molar-refractivity contribution in [2.75, 3.05) is 26.3 Å². The van der Waals surface area contributed by atoms with Crippen molar-refractivity contribution in [3.8, 4) is 0 Å². The summed E-state index contributed by atoms with van der Waals surface area (Å²) in [4.78, 5) is 30.1. The van der Waals surface area contributed by atoms with Gasteiger partial charge in [-0.2, -0.15) is 0 Å². The molecule has 2 amide bonds. The van der Waals surface area contributed by atoms with E-state index >= 15 is 0 Å². The molecule has 2 aromatic heterocycles. The molecule has 2 aromatic rings. The Morgan fingerprint density at radius 3 is 2.77 bits per heavy atom. The summed E-state index contributed by atoms with van der Waals surface area (Å²) in [6, 6.07) is 7.51. The first-order valence-electron chi connectivity index (χ1n) is 8.59. The molecule has 1 saturated heterocycles. The van der Waals surface area contributed by atoms with E-state index in [1.54, 1.807) is 24.1 Å². The Morgan fingerprint density at radius 2 is 2.15 bits per heavy atom. The van der Waals surface area contributed by atoms with Gasteiger partial charge in [0.15, 0.2) is 0 Å². The average Bonchev–Trinajstić information content (AvgIpc) is 3.18. The van der Waals surface area contributed by atoms with Crippen molar-refractivity contribution < 1.29 is 18.7 Å². The third kappa shape index (κ3) is 3.94. The lowest BCUT2D eigenvalue weighted by Crippen LogP contribution is -2.29. The SMILES string of the molecule is Cc1cc(C(=O)N2CC(COCC(N)=O)C(c3ccccn3)C2)c(C)o1. The Morgan fingerprint density at radius 1 is 1.35 bits per heavy atom. The number of furan rings is 1. The highest BCUT2D eigenvalue weighted by Gasteiger charge is 2.38. The monoisotopic (exact) mass is 357 g/mol. The predicted octanol–water partition coefficient (Wildman–Crippen LogP) is 1.65. The Labute approximate surface area is 152 Å². The van der Waals surface area contributed by atoms with Crippen LogP contribution in [0.3, 0.4) is 0 Å². The zero-order chi connectivity index (χ0) is 18.7. The van der Waals surface area contributed by atoms with E-state index in [4.69, 9.17) is 14.9 Å². The second-order valence-electron chi connectivity index (χ2n) is 6.64. The van der Waals surface area contributed by atoms with Gasteiger partial charge in [-0.05, 0) is 32.0 Å². The van der Waals surface area contributed by atoms with Crippen LogP contribution in [0.15, 0.2) is 34.9 Å². The summed E-state index contributed by atoms with van der Waals surface area (Å²) in [5.41, 5.74) is 6.64. The molecule has 0 spiro atoms. The van der Waals surface area contributed by atoms with Crippen LogP contribution in [-0.4, -0.2) is 48.0 Å². The lowest BCUT2D eigenvalue weighted by molar-refractivity contribution is -0.122. The summed E-state index contributed by atoms with van der Waals surface area (Å²) in [5.74, 6) is 0.860. The normalized spacial score (nSPS) is 19.7. The molecule has 1 aliphatic heterocycles. The van der Waals surface area contributed by atoms with Crippen molar-refractivity contribution in [2.45, 2.75) is 19.8 Å². The summed E-state index contributed by atoms with van der Waals surface area (Å²) >= 11 is 0. The quantitative estimate of drug-likeness (QED) is 0.847. The number of pyridine rings is 1. The fourth-order valence-corrected chi connectivity index (χ4v) is 3.46. The van der Waals surface area contributed by atoms with E-state index < -0.39 is 5.91 Å². The first kappa shape index (κ1) is 18.1. The minimum Gasteiger partial charge on any atom is -0.466 e. The minimum absolute atomic E-state index is 0.0429. The molecule has 0 bridgehead atoms. The van der Waals surface area contributed by atoms with E-state index in [1.807, 2.05) is 25.1 Å². The summed E-state index contributed by atoms with van der Waals surface area (Å²) in [6.07, 6.45) is 1.74. The molecular formula is C19H23N3O4. The topological polar surface area (TPSA) is 98.7 Å². The van der Waals surface area contributed by atoms with Crippen molar-refractivity contribution in [1.82, 2.24) is 9.88 Å². The molecule has 1 aliphatic rings. The number of primary amides is 1. The lowest BCUT2D eigenvalue weighted by atomic mass is 9.93. The molecule has 0 aromatic carbocycles. The van der Waals surface area contributed by atoms with E-state index in [1.165, 1.54) is 0 Å². The largest absolute Gasteiger partial charge is 0.466 e. The molecule has 0 radical (unpaired) electrons. The third-order valence-corrected chi connectivity index (χ3v) is 4.64. The summed E-state index contributed by atoms with van der Waals surface area (Å²) in [5, 5.41) is 0. The van der Waals surface area contributed by atoms with E-state index in [-0.39, 0.29) is 24.3 Å². The average molecular weight is 357 g/mol. The first-order chi connectivity index (χ1) is 12.5. The first-order valence-corrected chi connectivity index (χ1v) is 8.59. The molecule has 26 heavy (non-hydrogen) atoms. The van der Waals surface area contributed by atoms with E-state index in [0.717, 1.165) is 5.69 Å². The van der Waals surface area contributed by atoms with Gasteiger partial charge in [-0.1, -0.05) is 6.07 Å². The van der Waals surface area contributed by atoms with Crippen LogP contribution in [0.5, 0.6) is 0 Å². The van der Waals surface area contributed by atoms with Crippen molar-refractivity contribution in [3.63, 3.8) is 0 Å². The Balaban J connectivity index is 1.77. The lowest BCUT2D eigenvalue weighted by Gasteiger charge is -2.17. The van der Waals surface area contributed by atoms with Crippen LogP contribution in [0.4, 0.5) is 0 Å². The number of nitrogens with zero attached hydrogens (tertiary/aromatic N) is 2. The number of rotatable bonds is 6. The standard InChI is InChI=1S/C19H23N3O4/c1-12-7-15(13(2)26-12)19(24)22-8-14(10-25-11-18(20)23)16(9-22)17-5-3-4-6-21-17/h3-7,14,16H,8-11H2,1-2H3,(H2,20,23). The molecule has 3 rings (SSSR count). The van der Waals surface area contributed by atoms with Crippen molar-refractivity contribution in [2.24, 2.45) is 11.7 Å². The fraction of sp³-hybridized carbons (Fsp3) is 0.421. The molecule has 3 heterocycles. The van der Waals surface area contributed by atoms with E-state index in [9.17, 15) is 9.59 Å². The maximum absolute atomic E-state index is 12.9. The third-order valence-electron chi connectivity index (χ3n) is 4.64. The maximum atomic E-state index is 12.9. The number of carbonyl (C=O) groups excluding carboxylic acids is 2. The van der Waals surface area contributed by atoms with Crippen LogP contribution < -0.4 is 5.73 Å². The number of carbonyl (C=O) groups is 2. The van der Waals surface area contributed by atoms with Gasteiger partial charge in [-0.25, -0.2) is 0 Å². The van der Waals surface area contributed by atoms with Crippen LogP contribution in [0.25, 0.3) is 0 Å². The highest BCUT2D eigenvalue weighted by molar-refractivity contribution is 5.95. The molecule has 2 atom stereocenters. The van der Waals surface area contributed by atoms with Gasteiger partial charge in [0.1, 0.15) is 18.1 Å². The molecule has 138 valence electrons. The second kappa shape index (κ2) is 7.70. The predicted molar refractivity (Wildman–Crippen MR) is 94.6 cm³/mol. The number of nitrogens with two attached hydrogens (primary N) is 1. The van der Waals surface area contributed by atoms with Crippen molar-refractivity contribution >= 4 is 11.8 Å². The van der Waals surface area contributed by atoms with Gasteiger partial charge < -0.3 is 19.8 Å². The molecule has 1 fully saturated rings. The zero-order valence-corrected chi connectivity index (χ0v) is 15.0. The summed E-state index contributed by atoms with van der Waals surface area (Å²) in [7, 11) is 0. The summed E-state index contributed by atoms with van der Waals surface area (Å²) in [6.45, 7) is 4.91. The fourth-order valence-electron chi connectivity index (χ4n) is 3.46. The Kier molecular flexibility index (Phi) is 5.37. The van der Waals surface area contributed by atoms with Crippen molar-refractivity contribution in [1.29, 1.82) is 0 Å². The van der Waals surface area contributed by atoms with Crippen molar-refractivity contribution in [3.05, 3.63) is 53.2 Å². The molecule has 2 N–H and O–H groups in total. The number of ether oxygens (including phenoxy) is 1. The maximum Gasteiger partial charge on any atom is 0.257 e.